The van der Waals surface area contributed by atoms with E-state index in [9.17, 15) is 9.18 Å². The van der Waals surface area contributed by atoms with Crippen LogP contribution in [-0.2, 0) is 0 Å². The molecule has 3 aromatic rings. The Balaban J connectivity index is 1.47. The van der Waals surface area contributed by atoms with E-state index in [1.807, 2.05) is 11.0 Å². The van der Waals surface area contributed by atoms with Gasteiger partial charge < -0.3 is 4.90 Å². The van der Waals surface area contributed by atoms with Gasteiger partial charge in [-0.3, -0.25) is 9.69 Å². The van der Waals surface area contributed by atoms with Gasteiger partial charge in [0.2, 0.25) is 0 Å². The average Bonchev–Trinajstić information content (AvgIpc) is 3.34. The molecule has 0 saturated carbocycles. The monoisotopic (exact) mass is 365 g/mol. The van der Waals surface area contributed by atoms with Crippen LogP contribution in [0.2, 0.25) is 0 Å². The molecule has 2 aromatic heterocycles. The Bertz CT molecular complexity index is 999. The quantitative estimate of drug-likeness (QED) is 0.700. The summed E-state index contributed by atoms with van der Waals surface area (Å²) in [7, 11) is 0. The van der Waals surface area contributed by atoms with Crippen LogP contribution in [-0.4, -0.2) is 62.5 Å². The first-order valence-corrected chi connectivity index (χ1v) is 9.33. The highest BCUT2D eigenvalue weighted by Crippen LogP contribution is 2.24. The molecule has 0 radical (unpaired) electrons. The molecule has 4 heterocycles. The van der Waals surface area contributed by atoms with Crippen LogP contribution in [0.5, 0.6) is 0 Å². The molecule has 0 spiro atoms. The summed E-state index contributed by atoms with van der Waals surface area (Å²) >= 11 is 0. The molecule has 2 fully saturated rings. The molecule has 138 valence electrons. The van der Waals surface area contributed by atoms with Gasteiger partial charge in [-0.1, -0.05) is 0 Å². The number of fused-ring (bicyclic) bond motifs is 2. The fourth-order valence-corrected chi connectivity index (χ4v) is 4.18. The molecule has 0 bridgehead atoms. The van der Waals surface area contributed by atoms with Crippen molar-refractivity contribution in [2.45, 2.75) is 18.9 Å². The lowest BCUT2D eigenvalue weighted by molar-refractivity contribution is 0.0565. The second-order valence-corrected chi connectivity index (χ2v) is 7.22. The van der Waals surface area contributed by atoms with E-state index in [4.69, 9.17) is 0 Å². The molecule has 5 rings (SSSR count). The number of halogens is 1. The minimum atomic E-state index is -0.286. The van der Waals surface area contributed by atoms with Gasteiger partial charge in [-0.2, -0.15) is 5.10 Å². The highest BCUT2D eigenvalue weighted by Gasteiger charge is 2.33. The Labute approximate surface area is 156 Å². The molecule has 2 aliphatic heterocycles. The third-order valence-corrected chi connectivity index (χ3v) is 5.59. The minimum Gasteiger partial charge on any atom is -0.334 e. The van der Waals surface area contributed by atoms with Gasteiger partial charge in [0.05, 0.1) is 5.69 Å². The Kier molecular flexibility index (Phi) is 3.89. The van der Waals surface area contributed by atoms with Crippen molar-refractivity contribution in [3.63, 3.8) is 0 Å². The lowest BCUT2D eigenvalue weighted by Gasteiger charge is -2.37. The maximum atomic E-state index is 13.2. The summed E-state index contributed by atoms with van der Waals surface area (Å²) in [5, 5.41) is 4.53. The zero-order chi connectivity index (χ0) is 18.4. The number of benzene rings is 1. The first-order chi connectivity index (χ1) is 13.2. The molecule has 2 aliphatic rings. The molecular formula is C20H20FN5O. The van der Waals surface area contributed by atoms with Crippen LogP contribution in [0.1, 0.15) is 23.3 Å². The van der Waals surface area contributed by atoms with E-state index in [0.717, 1.165) is 43.9 Å². The summed E-state index contributed by atoms with van der Waals surface area (Å²) in [6, 6.07) is 10.3. The van der Waals surface area contributed by atoms with Gasteiger partial charge in [-0.15, -0.1) is 0 Å². The van der Waals surface area contributed by atoms with Crippen molar-refractivity contribution in [3.8, 4) is 11.3 Å². The lowest BCUT2D eigenvalue weighted by atomic mass is 10.1. The van der Waals surface area contributed by atoms with Crippen molar-refractivity contribution >= 4 is 11.6 Å². The predicted molar refractivity (Wildman–Crippen MR) is 98.9 cm³/mol. The molecule has 0 aliphatic carbocycles. The second-order valence-electron chi connectivity index (χ2n) is 7.22. The number of carbonyl (C=O) groups is 1. The highest BCUT2D eigenvalue weighted by molar-refractivity contribution is 5.93. The van der Waals surface area contributed by atoms with E-state index in [1.165, 1.54) is 18.6 Å². The van der Waals surface area contributed by atoms with E-state index in [0.29, 0.717) is 17.4 Å². The van der Waals surface area contributed by atoms with Crippen molar-refractivity contribution in [1.29, 1.82) is 0 Å². The Morgan fingerprint density at radius 2 is 1.96 bits per heavy atom. The van der Waals surface area contributed by atoms with E-state index >= 15 is 0 Å². The number of amides is 1. The van der Waals surface area contributed by atoms with Crippen LogP contribution in [0, 0.1) is 5.82 Å². The van der Waals surface area contributed by atoms with E-state index in [1.54, 1.807) is 28.9 Å². The molecule has 1 unspecified atom stereocenters. The first-order valence-electron chi connectivity index (χ1n) is 9.33. The normalized spacial score (nSPS) is 20.2. The van der Waals surface area contributed by atoms with Crippen molar-refractivity contribution < 1.29 is 9.18 Å². The molecule has 1 amide bonds. The van der Waals surface area contributed by atoms with Crippen molar-refractivity contribution in [1.82, 2.24) is 24.4 Å². The van der Waals surface area contributed by atoms with Crippen molar-refractivity contribution in [3.05, 3.63) is 54.1 Å². The van der Waals surface area contributed by atoms with Gasteiger partial charge >= 0.3 is 0 Å². The van der Waals surface area contributed by atoms with Crippen LogP contribution >= 0.6 is 0 Å². The second kappa shape index (κ2) is 6.42. The standard InChI is InChI=1S/C20H20FN5O/c21-15-5-3-14(4-6-15)18-7-8-22-19-12-17(23-26(18)19)20(27)25-11-10-24-9-1-2-16(24)13-25/h3-8,12,16H,1-2,9-11,13H2. The van der Waals surface area contributed by atoms with Crippen LogP contribution in [0.4, 0.5) is 4.39 Å². The third-order valence-electron chi connectivity index (χ3n) is 5.59. The molecule has 27 heavy (non-hydrogen) atoms. The third kappa shape index (κ3) is 2.88. The molecule has 2 saturated heterocycles. The molecular weight excluding hydrogens is 345 g/mol. The summed E-state index contributed by atoms with van der Waals surface area (Å²) in [6.07, 6.45) is 4.05. The summed E-state index contributed by atoms with van der Waals surface area (Å²) in [6.45, 7) is 3.58. The fourth-order valence-electron chi connectivity index (χ4n) is 4.18. The molecule has 7 heteroatoms. The maximum Gasteiger partial charge on any atom is 0.274 e. The number of piperazine rings is 1. The Morgan fingerprint density at radius 3 is 2.81 bits per heavy atom. The zero-order valence-corrected chi connectivity index (χ0v) is 14.9. The summed E-state index contributed by atoms with van der Waals surface area (Å²) < 4.78 is 14.9. The first kappa shape index (κ1) is 16.4. The number of hydrogen-bond donors (Lipinski definition) is 0. The van der Waals surface area contributed by atoms with Gasteiger partial charge in [0, 0.05) is 43.5 Å². The number of aromatic nitrogens is 3. The van der Waals surface area contributed by atoms with Crippen LogP contribution < -0.4 is 0 Å². The van der Waals surface area contributed by atoms with E-state index in [-0.39, 0.29) is 11.7 Å². The fraction of sp³-hybridized carbons (Fsp3) is 0.350. The van der Waals surface area contributed by atoms with Crippen molar-refractivity contribution in [2.75, 3.05) is 26.2 Å². The molecule has 0 N–H and O–H groups in total. The van der Waals surface area contributed by atoms with Gasteiger partial charge in [0.15, 0.2) is 11.3 Å². The maximum absolute atomic E-state index is 13.2. The van der Waals surface area contributed by atoms with Gasteiger partial charge in [-0.25, -0.2) is 13.9 Å². The average molecular weight is 365 g/mol. The number of rotatable bonds is 2. The van der Waals surface area contributed by atoms with Crippen LogP contribution in [0.3, 0.4) is 0 Å². The SMILES string of the molecule is O=C(c1cc2nccc(-c3ccc(F)cc3)n2n1)N1CCN2CCCC2C1. The number of nitrogens with zero attached hydrogens (tertiary/aromatic N) is 5. The summed E-state index contributed by atoms with van der Waals surface area (Å²) in [5.74, 6) is -0.330. The Hall–Kier alpha value is -2.80. The Morgan fingerprint density at radius 1 is 1.11 bits per heavy atom. The van der Waals surface area contributed by atoms with E-state index < -0.39 is 0 Å². The zero-order valence-electron chi connectivity index (χ0n) is 14.9. The summed E-state index contributed by atoms with van der Waals surface area (Å²) in [5.41, 5.74) is 2.62. The number of hydrogen-bond acceptors (Lipinski definition) is 4. The molecule has 1 aromatic carbocycles. The lowest BCUT2D eigenvalue weighted by Crippen LogP contribution is -2.52. The smallest absolute Gasteiger partial charge is 0.274 e. The minimum absolute atomic E-state index is 0.0443. The molecule has 1 atom stereocenters. The highest BCUT2D eigenvalue weighted by atomic mass is 19.1. The van der Waals surface area contributed by atoms with Crippen LogP contribution in [0.15, 0.2) is 42.6 Å². The van der Waals surface area contributed by atoms with E-state index in [2.05, 4.69) is 15.0 Å². The molecule has 6 nitrogen and oxygen atoms in total. The van der Waals surface area contributed by atoms with Gasteiger partial charge in [0.1, 0.15) is 5.82 Å². The van der Waals surface area contributed by atoms with Crippen LogP contribution in [0.25, 0.3) is 16.9 Å². The topological polar surface area (TPSA) is 53.7 Å². The largest absolute Gasteiger partial charge is 0.334 e. The number of carbonyl (C=O) groups excluding carboxylic acids is 1. The van der Waals surface area contributed by atoms with Crippen molar-refractivity contribution in [2.24, 2.45) is 0 Å². The predicted octanol–water partition coefficient (Wildman–Crippen LogP) is 2.46. The van der Waals surface area contributed by atoms with Gasteiger partial charge in [-0.05, 0) is 49.7 Å². The summed E-state index contributed by atoms with van der Waals surface area (Å²) in [4.78, 5) is 21.7. The van der Waals surface area contributed by atoms with Gasteiger partial charge in [0.25, 0.3) is 5.91 Å².